The van der Waals surface area contributed by atoms with Crippen LogP contribution in [0.1, 0.15) is 72.7 Å². The summed E-state index contributed by atoms with van der Waals surface area (Å²) in [7, 11) is 0. The maximum atomic E-state index is 13.9. The highest BCUT2D eigenvalue weighted by atomic mass is 32.1. The lowest BCUT2D eigenvalue weighted by molar-refractivity contribution is -0.667. The van der Waals surface area contributed by atoms with Crippen LogP contribution in [-0.2, 0) is 21.5 Å². The van der Waals surface area contributed by atoms with Crippen molar-refractivity contribution in [1.29, 1.82) is 0 Å². The van der Waals surface area contributed by atoms with E-state index >= 15 is 0 Å². The first-order valence-electron chi connectivity index (χ1n) is 18.1. The zero-order valence-corrected chi connectivity index (χ0v) is 29.8. The van der Waals surface area contributed by atoms with Crippen LogP contribution in [0.15, 0.2) is 108 Å². The molecule has 2 N–H and O–H groups in total. The first-order chi connectivity index (χ1) is 25.2. The lowest BCUT2D eigenvalue weighted by Gasteiger charge is -2.29. The Labute approximate surface area is 305 Å². The molecule has 1 fully saturated rings. The smallest absolute Gasteiger partial charge is 0.309 e. The highest BCUT2D eigenvalue weighted by Crippen LogP contribution is 2.55. The lowest BCUT2D eigenvalue weighted by atomic mass is 9.82. The van der Waals surface area contributed by atoms with Gasteiger partial charge in [-0.15, -0.1) is 0 Å². The molecular weight excluding hydrogens is 665 g/mol. The molecule has 2 heterocycles. The molecule has 7 heteroatoms. The van der Waals surface area contributed by atoms with E-state index in [4.69, 9.17) is 0 Å². The zero-order chi connectivity index (χ0) is 35.5. The van der Waals surface area contributed by atoms with Crippen molar-refractivity contribution in [3.63, 3.8) is 0 Å². The number of carboxylic acids is 1. The molecule has 4 aliphatic rings. The summed E-state index contributed by atoms with van der Waals surface area (Å²) < 4.78 is 2.98. The van der Waals surface area contributed by atoms with Crippen LogP contribution in [-0.4, -0.2) is 28.0 Å². The number of aliphatic hydroxyl groups is 1. The molecule has 6 nitrogen and oxygen atoms in total. The Morgan fingerprint density at radius 2 is 1.75 bits per heavy atom. The SMILES string of the molecule is CC1(C)c2ccccc2-c2ccc(N3c4ccc(C5=C(O)C(=Cc6sc7c8ccccc8ccc7[n+]6CCC(=O)O)C5=O)cc4C4CCCC43)cc21. The number of anilines is 2. The molecule has 1 aliphatic heterocycles. The first kappa shape index (κ1) is 31.2. The number of nitrogens with zero attached hydrogens (tertiary/aromatic N) is 2. The van der Waals surface area contributed by atoms with E-state index in [2.05, 4.69) is 85.5 Å². The fourth-order valence-corrected chi connectivity index (χ4v) is 10.8. The van der Waals surface area contributed by atoms with Gasteiger partial charge in [0.15, 0.2) is 6.54 Å². The molecule has 52 heavy (non-hydrogen) atoms. The third-order valence-electron chi connectivity index (χ3n) is 12.0. The van der Waals surface area contributed by atoms with Crippen molar-refractivity contribution in [2.75, 3.05) is 4.90 Å². The summed E-state index contributed by atoms with van der Waals surface area (Å²) in [6.45, 7) is 4.90. The van der Waals surface area contributed by atoms with Gasteiger partial charge in [0.2, 0.25) is 11.3 Å². The third-order valence-corrected chi connectivity index (χ3v) is 13.2. The predicted octanol–water partition coefficient (Wildman–Crippen LogP) is 9.85. The number of allylic oxidation sites excluding steroid dienone is 2. The summed E-state index contributed by atoms with van der Waals surface area (Å²) in [5, 5.41) is 23.9. The molecule has 1 saturated carbocycles. The molecule has 3 aliphatic carbocycles. The highest BCUT2D eigenvalue weighted by molar-refractivity contribution is 7.19. The number of carbonyl (C=O) groups excluding carboxylic acids is 1. The number of Topliss-reactive ketones (excluding diaryl/α,β-unsaturated/α-hetero) is 1. The van der Waals surface area contributed by atoms with Crippen LogP contribution in [0.4, 0.5) is 11.4 Å². The van der Waals surface area contributed by atoms with E-state index in [9.17, 15) is 19.8 Å². The normalized spacial score (nSPS) is 20.4. The second-order valence-corrected chi connectivity index (χ2v) is 16.2. The number of aromatic nitrogens is 1. The van der Waals surface area contributed by atoms with Gasteiger partial charge in [-0.05, 0) is 81.9 Å². The number of rotatable bonds is 6. The molecule has 0 bridgehead atoms. The Kier molecular flexibility index (Phi) is 6.75. The van der Waals surface area contributed by atoms with E-state index in [1.165, 1.54) is 50.5 Å². The fraction of sp³-hybridized carbons (Fsp3) is 0.222. The Balaban J connectivity index is 1.02. The quantitative estimate of drug-likeness (QED) is 0.134. The number of carbonyl (C=O) groups is 2. The van der Waals surface area contributed by atoms with Crippen LogP contribution in [0.3, 0.4) is 0 Å². The molecule has 2 unspecified atom stereocenters. The van der Waals surface area contributed by atoms with Crippen molar-refractivity contribution in [1.82, 2.24) is 0 Å². The summed E-state index contributed by atoms with van der Waals surface area (Å²) in [4.78, 5) is 28.0. The van der Waals surface area contributed by atoms with Crippen LogP contribution in [0.5, 0.6) is 0 Å². The van der Waals surface area contributed by atoms with Crippen molar-refractivity contribution in [2.24, 2.45) is 0 Å². The molecular formula is C45H37N2O4S+. The minimum Gasteiger partial charge on any atom is -0.506 e. The standard InChI is InChI=1S/C45H36N2O4S/c1-45(2)34-12-6-5-10-29(34)30-17-16-27(23-35(30)45)47-36-13-7-11-31(36)32-22-26(15-18-37(32)47)41-42(50)33(43(41)51)24-39-46(21-20-40(48)49)38-19-14-25-8-3-4-9-28(25)44(38)52-39/h3-6,8-10,12,14-19,22-24,31,36H,7,11,13,20-21H2,1-2H3,(H-,48,49,50,51)/p+1. The number of aryl methyl sites for hydroxylation is 1. The second kappa shape index (κ2) is 11.2. The maximum Gasteiger partial charge on any atom is 0.309 e. The van der Waals surface area contributed by atoms with E-state index in [1.807, 2.05) is 34.9 Å². The molecule has 0 radical (unpaired) electrons. The largest absolute Gasteiger partial charge is 0.506 e. The average Bonchev–Trinajstić information content (AvgIpc) is 3.90. The Morgan fingerprint density at radius 1 is 0.942 bits per heavy atom. The van der Waals surface area contributed by atoms with Crippen LogP contribution < -0.4 is 9.47 Å². The predicted molar refractivity (Wildman–Crippen MR) is 207 cm³/mol. The van der Waals surface area contributed by atoms with Gasteiger partial charge in [-0.25, -0.2) is 0 Å². The number of benzene rings is 5. The minimum atomic E-state index is -0.888. The van der Waals surface area contributed by atoms with E-state index in [-0.39, 0.29) is 35.5 Å². The summed E-state index contributed by atoms with van der Waals surface area (Å²) in [6.07, 6.45) is 5.05. The van der Waals surface area contributed by atoms with Crippen LogP contribution >= 0.6 is 11.3 Å². The number of aliphatic hydroxyl groups excluding tert-OH is 1. The van der Waals surface area contributed by atoms with E-state index in [0.29, 0.717) is 17.5 Å². The average molecular weight is 702 g/mol. The maximum absolute atomic E-state index is 13.9. The molecule has 6 aromatic rings. The van der Waals surface area contributed by atoms with Crippen molar-refractivity contribution < 1.29 is 24.4 Å². The Bertz CT molecular complexity index is 2630. The molecule has 5 aromatic carbocycles. The number of carboxylic acid groups (broad SMARTS) is 1. The third kappa shape index (κ3) is 4.38. The summed E-state index contributed by atoms with van der Waals surface area (Å²) in [6, 6.07) is 34.5. The van der Waals surface area contributed by atoms with Crippen molar-refractivity contribution in [3.05, 3.63) is 136 Å². The highest BCUT2D eigenvalue weighted by Gasteiger charge is 2.44. The number of ketones is 1. The van der Waals surface area contributed by atoms with Gasteiger partial charge in [-0.2, -0.15) is 4.57 Å². The summed E-state index contributed by atoms with van der Waals surface area (Å²) in [5.74, 6) is -0.720. The minimum absolute atomic E-state index is 0.00436. The molecule has 256 valence electrons. The van der Waals surface area contributed by atoms with Gasteiger partial charge in [-0.1, -0.05) is 92.3 Å². The van der Waals surface area contributed by atoms with Crippen molar-refractivity contribution in [2.45, 2.75) is 63.5 Å². The number of hydrogen-bond donors (Lipinski definition) is 2. The second-order valence-electron chi connectivity index (χ2n) is 15.1. The van der Waals surface area contributed by atoms with E-state index in [1.54, 1.807) is 6.08 Å². The van der Waals surface area contributed by atoms with Crippen LogP contribution in [0.25, 0.3) is 43.8 Å². The van der Waals surface area contributed by atoms with E-state index in [0.717, 1.165) is 50.8 Å². The van der Waals surface area contributed by atoms with Gasteiger partial charge in [0.25, 0.3) is 5.01 Å². The number of fused-ring (bicyclic) bond motifs is 9. The lowest BCUT2D eigenvalue weighted by Crippen LogP contribution is -2.36. The molecule has 0 amide bonds. The van der Waals surface area contributed by atoms with E-state index < -0.39 is 5.97 Å². The molecule has 2 atom stereocenters. The number of aliphatic carboxylic acids is 1. The van der Waals surface area contributed by atoms with Gasteiger partial charge in [0.05, 0.1) is 11.1 Å². The number of thiazole rings is 1. The van der Waals surface area contributed by atoms with Gasteiger partial charge in [-0.3, -0.25) is 9.59 Å². The molecule has 0 spiro atoms. The monoisotopic (exact) mass is 701 g/mol. The molecule has 1 aromatic heterocycles. The zero-order valence-electron chi connectivity index (χ0n) is 29.0. The van der Waals surface area contributed by atoms with Crippen molar-refractivity contribution >= 4 is 67.1 Å². The Morgan fingerprint density at radius 3 is 2.60 bits per heavy atom. The van der Waals surface area contributed by atoms with Crippen LogP contribution in [0.2, 0.25) is 0 Å². The molecule has 0 saturated heterocycles. The Hall–Kier alpha value is -5.53. The summed E-state index contributed by atoms with van der Waals surface area (Å²) in [5.41, 5.74) is 11.2. The van der Waals surface area contributed by atoms with Gasteiger partial charge < -0.3 is 15.1 Å². The van der Waals surface area contributed by atoms with Gasteiger partial charge in [0, 0.05) is 46.3 Å². The van der Waals surface area contributed by atoms with Gasteiger partial charge >= 0.3 is 5.97 Å². The van der Waals surface area contributed by atoms with Crippen LogP contribution in [0, 0.1) is 0 Å². The molecule has 10 rings (SSSR count). The topological polar surface area (TPSA) is 81.7 Å². The first-order valence-corrected chi connectivity index (χ1v) is 19.0. The number of hydrogen-bond acceptors (Lipinski definition) is 5. The fourth-order valence-electron chi connectivity index (χ4n) is 9.51. The summed E-state index contributed by atoms with van der Waals surface area (Å²) >= 11 is 1.51. The van der Waals surface area contributed by atoms with Crippen molar-refractivity contribution in [3.8, 4) is 11.1 Å². The van der Waals surface area contributed by atoms with Gasteiger partial charge in [0.1, 0.15) is 16.9 Å².